The molecule has 1 atom stereocenters. The molecule has 0 bridgehead atoms. The molecule has 1 saturated heterocycles. The number of nitrogens with one attached hydrogen (secondary N) is 1. The molecular weight excluding hydrogens is 470 g/mol. The number of thioether (sulfide) groups is 1. The van der Waals surface area contributed by atoms with Crippen LogP contribution in [-0.2, 0) is 22.4 Å². The number of fused-ring (bicyclic) bond motifs is 2. The van der Waals surface area contributed by atoms with Gasteiger partial charge in [-0.15, -0.1) is 0 Å². The Hall–Kier alpha value is -2.51. The second kappa shape index (κ2) is 11.3. The Morgan fingerprint density at radius 1 is 1.18 bits per heavy atom. The average Bonchev–Trinajstić information content (AvgIpc) is 3.02. The van der Waals surface area contributed by atoms with E-state index in [1.54, 1.807) is 16.7 Å². The fourth-order valence-corrected chi connectivity index (χ4v) is 5.40. The van der Waals surface area contributed by atoms with Gasteiger partial charge in [-0.05, 0) is 79.0 Å². The van der Waals surface area contributed by atoms with E-state index in [4.69, 9.17) is 21.3 Å². The molecule has 2 aliphatic rings. The Morgan fingerprint density at radius 3 is 2.68 bits per heavy atom. The van der Waals surface area contributed by atoms with E-state index in [1.165, 1.54) is 34.9 Å². The molecule has 1 unspecified atom stereocenters. The zero-order valence-corrected chi connectivity index (χ0v) is 21.2. The SMILES string of the molecule is COC(=O)C(CCSC)NC(=O)N1CCC(=C2c3ccc(Cl)cc3CCc3cccnc32)CC1. The van der Waals surface area contributed by atoms with E-state index < -0.39 is 12.0 Å². The summed E-state index contributed by atoms with van der Waals surface area (Å²) in [6, 6.07) is 9.42. The van der Waals surface area contributed by atoms with Crippen LogP contribution >= 0.6 is 23.4 Å². The maximum atomic E-state index is 12.9. The second-order valence-electron chi connectivity index (χ2n) is 8.58. The molecule has 2 heterocycles. The number of aryl methyl sites for hydroxylation is 2. The van der Waals surface area contributed by atoms with Gasteiger partial charge in [0, 0.05) is 29.9 Å². The first-order valence-electron chi connectivity index (χ1n) is 11.6. The molecule has 4 rings (SSSR count). The molecule has 1 aliphatic carbocycles. The molecule has 180 valence electrons. The summed E-state index contributed by atoms with van der Waals surface area (Å²) < 4.78 is 4.88. The van der Waals surface area contributed by atoms with Crippen LogP contribution in [0.4, 0.5) is 4.79 Å². The van der Waals surface area contributed by atoms with Gasteiger partial charge in [0.15, 0.2) is 0 Å². The second-order valence-corrected chi connectivity index (χ2v) is 10.0. The highest BCUT2D eigenvalue weighted by atomic mass is 35.5. The van der Waals surface area contributed by atoms with Crippen LogP contribution in [0.3, 0.4) is 0 Å². The fraction of sp³-hybridized carbons (Fsp3) is 0.423. The zero-order valence-electron chi connectivity index (χ0n) is 19.6. The number of esters is 1. The van der Waals surface area contributed by atoms with Gasteiger partial charge in [0.1, 0.15) is 6.04 Å². The monoisotopic (exact) mass is 499 g/mol. The highest BCUT2D eigenvalue weighted by Gasteiger charge is 2.28. The van der Waals surface area contributed by atoms with Gasteiger partial charge < -0.3 is 15.0 Å². The van der Waals surface area contributed by atoms with Crippen molar-refractivity contribution in [3.05, 3.63) is 69.5 Å². The van der Waals surface area contributed by atoms with E-state index in [0.29, 0.717) is 19.5 Å². The lowest BCUT2D eigenvalue weighted by Gasteiger charge is -2.31. The van der Waals surface area contributed by atoms with Crippen LogP contribution in [0.15, 0.2) is 42.1 Å². The summed E-state index contributed by atoms with van der Waals surface area (Å²) in [4.78, 5) is 31.6. The van der Waals surface area contributed by atoms with E-state index in [9.17, 15) is 9.59 Å². The molecule has 1 aromatic heterocycles. The summed E-state index contributed by atoms with van der Waals surface area (Å²) in [6.45, 7) is 1.18. The number of urea groups is 1. The number of methoxy groups -OCH3 is 1. The molecule has 6 nitrogen and oxygen atoms in total. The number of hydrogen-bond donors (Lipinski definition) is 1. The topological polar surface area (TPSA) is 71.5 Å². The number of nitrogens with zero attached hydrogens (tertiary/aromatic N) is 2. The van der Waals surface area contributed by atoms with Crippen LogP contribution in [0.2, 0.25) is 5.02 Å². The Kier molecular flexibility index (Phi) is 8.16. The van der Waals surface area contributed by atoms with Crippen LogP contribution < -0.4 is 5.32 Å². The molecule has 34 heavy (non-hydrogen) atoms. The number of piperidine rings is 1. The maximum Gasteiger partial charge on any atom is 0.328 e. The van der Waals surface area contributed by atoms with E-state index in [0.717, 1.165) is 42.2 Å². The van der Waals surface area contributed by atoms with E-state index >= 15 is 0 Å². The summed E-state index contributed by atoms with van der Waals surface area (Å²) in [5.41, 5.74) is 7.21. The van der Waals surface area contributed by atoms with Gasteiger partial charge in [-0.2, -0.15) is 11.8 Å². The van der Waals surface area contributed by atoms with Crippen molar-refractivity contribution >= 4 is 40.9 Å². The summed E-state index contributed by atoms with van der Waals surface area (Å²) in [6.07, 6.45) is 7.73. The van der Waals surface area contributed by atoms with Crippen molar-refractivity contribution in [1.82, 2.24) is 15.2 Å². The third-order valence-electron chi connectivity index (χ3n) is 6.53. The summed E-state index contributed by atoms with van der Waals surface area (Å²) in [7, 11) is 1.35. The minimum absolute atomic E-state index is 0.216. The van der Waals surface area contributed by atoms with E-state index in [-0.39, 0.29) is 6.03 Å². The van der Waals surface area contributed by atoms with Gasteiger partial charge in [-0.3, -0.25) is 4.98 Å². The van der Waals surface area contributed by atoms with Crippen LogP contribution in [0.5, 0.6) is 0 Å². The van der Waals surface area contributed by atoms with Crippen molar-refractivity contribution in [2.24, 2.45) is 0 Å². The van der Waals surface area contributed by atoms with E-state index in [2.05, 4.69) is 23.5 Å². The lowest BCUT2D eigenvalue weighted by atomic mass is 9.88. The molecule has 1 fully saturated rings. The first-order chi connectivity index (χ1) is 16.5. The first-order valence-corrected chi connectivity index (χ1v) is 13.4. The van der Waals surface area contributed by atoms with Crippen molar-refractivity contribution in [3.63, 3.8) is 0 Å². The lowest BCUT2D eigenvalue weighted by molar-refractivity contribution is -0.142. The highest BCUT2D eigenvalue weighted by Crippen LogP contribution is 2.38. The molecule has 1 aliphatic heterocycles. The minimum Gasteiger partial charge on any atom is -0.467 e. The molecule has 1 aromatic carbocycles. The van der Waals surface area contributed by atoms with Gasteiger partial charge in [0.25, 0.3) is 0 Å². The van der Waals surface area contributed by atoms with Gasteiger partial charge >= 0.3 is 12.0 Å². The van der Waals surface area contributed by atoms with Gasteiger partial charge in [-0.25, -0.2) is 9.59 Å². The Labute approximate surface area is 210 Å². The summed E-state index contributed by atoms with van der Waals surface area (Å²) in [5, 5.41) is 3.62. The van der Waals surface area contributed by atoms with Crippen molar-refractivity contribution < 1.29 is 14.3 Å². The molecule has 2 aromatic rings. The number of ether oxygens (including phenoxy) is 1. The first kappa shape index (κ1) is 24.6. The lowest BCUT2D eigenvalue weighted by Crippen LogP contribution is -2.50. The van der Waals surface area contributed by atoms with Crippen molar-refractivity contribution in [1.29, 1.82) is 0 Å². The number of halogens is 1. The number of pyridine rings is 1. The predicted octanol–water partition coefficient (Wildman–Crippen LogP) is 4.74. The van der Waals surface area contributed by atoms with Crippen LogP contribution in [0, 0.1) is 0 Å². The smallest absolute Gasteiger partial charge is 0.328 e. The third kappa shape index (κ3) is 5.41. The standard InChI is InChI=1S/C26H30ClN3O3S/c1-33-25(31)22(11-15-34-2)29-26(32)30-13-9-17(10-14-30)23-21-8-7-20(27)16-19(21)6-5-18-4-3-12-28-24(18)23/h3-4,7-8,12,16,22H,5-6,9-11,13-15H2,1-2H3,(H,29,32). The van der Waals surface area contributed by atoms with Crippen LogP contribution in [0.1, 0.15) is 41.6 Å². The average molecular weight is 500 g/mol. The quantitative estimate of drug-likeness (QED) is 0.602. The number of carbonyl (C=O) groups excluding carboxylic acids is 2. The van der Waals surface area contributed by atoms with Gasteiger partial charge in [0.05, 0.1) is 12.8 Å². The molecule has 0 saturated carbocycles. The van der Waals surface area contributed by atoms with Crippen molar-refractivity contribution in [3.8, 4) is 0 Å². The van der Waals surface area contributed by atoms with E-state index in [1.807, 2.05) is 24.6 Å². The van der Waals surface area contributed by atoms with Crippen LogP contribution in [-0.4, -0.2) is 60.1 Å². The molecule has 0 radical (unpaired) electrons. The Balaban J connectivity index is 1.56. The molecule has 1 N–H and O–H groups in total. The minimum atomic E-state index is -0.626. The maximum absolute atomic E-state index is 12.9. The van der Waals surface area contributed by atoms with Crippen LogP contribution in [0.25, 0.3) is 5.57 Å². The number of aromatic nitrogens is 1. The summed E-state index contributed by atoms with van der Waals surface area (Å²) in [5.74, 6) is 0.366. The molecule has 0 spiro atoms. The number of amides is 2. The molecule has 8 heteroatoms. The number of hydrogen-bond acceptors (Lipinski definition) is 5. The zero-order chi connectivity index (χ0) is 24.1. The van der Waals surface area contributed by atoms with Crippen molar-refractivity contribution in [2.45, 2.75) is 38.1 Å². The number of carbonyl (C=O) groups is 2. The normalized spacial score (nSPS) is 16.3. The van der Waals surface area contributed by atoms with Crippen molar-refractivity contribution in [2.75, 3.05) is 32.2 Å². The Bertz CT molecular complexity index is 1090. The van der Waals surface area contributed by atoms with Gasteiger partial charge in [0.2, 0.25) is 0 Å². The Morgan fingerprint density at radius 2 is 1.94 bits per heavy atom. The molecule has 2 amide bonds. The number of rotatable bonds is 5. The fourth-order valence-electron chi connectivity index (χ4n) is 4.73. The number of likely N-dealkylation sites (tertiary alicyclic amines) is 1. The predicted molar refractivity (Wildman–Crippen MR) is 137 cm³/mol. The van der Waals surface area contributed by atoms with Gasteiger partial charge in [-0.1, -0.05) is 29.3 Å². The highest BCUT2D eigenvalue weighted by molar-refractivity contribution is 7.98. The third-order valence-corrected chi connectivity index (χ3v) is 7.41. The number of benzene rings is 1. The molecular formula is C26H30ClN3O3S. The summed E-state index contributed by atoms with van der Waals surface area (Å²) >= 11 is 7.95. The largest absolute Gasteiger partial charge is 0.467 e.